The Bertz CT molecular complexity index is 814. The lowest BCUT2D eigenvalue weighted by Gasteiger charge is -2.17. The van der Waals surface area contributed by atoms with E-state index in [1.54, 1.807) is 0 Å². The minimum atomic E-state index is 0.535. The Morgan fingerprint density at radius 2 is 1.41 bits per heavy atom. The Balaban J connectivity index is 1.17. The van der Waals surface area contributed by atoms with Crippen LogP contribution in [0.4, 0.5) is 5.69 Å². The maximum Gasteiger partial charge on any atom is 0.119 e. The third-order valence-electron chi connectivity index (χ3n) is 6.32. The highest BCUT2D eigenvalue weighted by molar-refractivity contribution is 5.70. The fraction of sp³-hybridized carbons (Fsp3) is 0.517. The van der Waals surface area contributed by atoms with Crippen molar-refractivity contribution in [2.45, 2.75) is 45.1 Å². The maximum atomic E-state index is 5.77. The van der Waals surface area contributed by atoms with Gasteiger partial charge in [-0.2, -0.15) is 0 Å². The lowest BCUT2D eigenvalue weighted by atomic mass is 9.99. The Morgan fingerprint density at radius 3 is 2.06 bits per heavy atom. The SMILES string of the molecule is CNc1ccc(/C=C/c2ccc(OCCOCCOCCNC(C)CC3CCCC3)cc2)cc1. The topological polar surface area (TPSA) is 51.8 Å². The van der Waals surface area contributed by atoms with Gasteiger partial charge in [-0.25, -0.2) is 0 Å². The molecule has 0 spiro atoms. The summed E-state index contributed by atoms with van der Waals surface area (Å²) >= 11 is 0. The van der Waals surface area contributed by atoms with Crippen molar-refractivity contribution >= 4 is 17.8 Å². The van der Waals surface area contributed by atoms with Crippen LogP contribution in [0.1, 0.15) is 50.2 Å². The molecule has 0 bridgehead atoms. The highest BCUT2D eigenvalue weighted by Crippen LogP contribution is 2.28. The van der Waals surface area contributed by atoms with Crippen LogP contribution in [0.3, 0.4) is 0 Å². The summed E-state index contributed by atoms with van der Waals surface area (Å²) in [5.74, 6) is 1.79. The summed E-state index contributed by atoms with van der Waals surface area (Å²) in [7, 11) is 1.92. The molecule has 1 unspecified atom stereocenters. The molecule has 0 radical (unpaired) electrons. The highest BCUT2D eigenvalue weighted by atomic mass is 16.5. The average Bonchev–Trinajstić information content (AvgIpc) is 3.38. The van der Waals surface area contributed by atoms with Gasteiger partial charge in [0.25, 0.3) is 0 Å². The van der Waals surface area contributed by atoms with E-state index in [1.165, 1.54) is 37.7 Å². The Kier molecular flexibility index (Phi) is 12.0. The zero-order chi connectivity index (χ0) is 23.8. The summed E-state index contributed by atoms with van der Waals surface area (Å²) < 4.78 is 17.0. The van der Waals surface area contributed by atoms with E-state index in [0.717, 1.165) is 36.1 Å². The van der Waals surface area contributed by atoms with E-state index in [-0.39, 0.29) is 0 Å². The molecule has 1 aliphatic carbocycles. The summed E-state index contributed by atoms with van der Waals surface area (Å²) in [5, 5.41) is 6.70. The molecule has 2 aromatic rings. The Hall–Kier alpha value is -2.34. The fourth-order valence-corrected chi connectivity index (χ4v) is 4.38. The van der Waals surface area contributed by atoms with Gasteiger partial charge < -0.3 is 24.8 Å². The molecule has 2 N–H and O–H groups in total. The minimum absolute atomic E-state index is 0.535. The van der Waals surface area contributed by atoms with E-state index < -0.39 is 0 Å². The Morgan fingerprint density at radius 1 is 0.824 bits per heavy atom. The number of anilines is 1. The lowest BCUT2D eigenvalue weighted by molar-refractivity contribution is 0.0367. The van der Waals surface area contributed by atoms with E-state index in [1.807, 2.05) is 19.2 Å². The van der Waals surface area contributed by atoms with Crippen molar-refractivity contribution < 1.29 is 14.2 Å². The second kappa shape index (κ2) is 15.5. The second-order valence-corrected chi connectivity index (χ2v) is 9.09. The van der Waals surface area contributed by atoms with Gasteiger partial charge in [0, 0.05) is 25.3 Å². The normalized spacial score (nSPS) is 15.1. The van der Waals surface area contributed by atoms with Gasteiger partial charge >= 0.3 is 0 Å². The van der Waals surface area contributed by atoms with Crippen molar-refractivity contribution in [2.75, 3.05) is 51.9 Å². The predicted octanol–water partition coefficient (Wildman–Crippen LogP) is 5.87. The van der Waals surface area contributed by atoms with Crippen LogP contribution in [0, 0.1) is 5.92 Å². The van der Waals surface area contributed by atoms with Crippen molar-refractivity contribution in [3.63, 3.8) is 0 Å². The van der Waals surface area contributed by atoms with Crippen molar-refractivity contribution in [2.24, 2.45) is 5.92 Å². The largest absolute Gasteiger partial charge is 0.491 e. The molecule has 1 atom stereocenters. The quantitative estimate of drug-likeness (QED) is 0.239. The van der Waals surface area contributed by atoms with E-state index in [0.29, 0.717) is 32.5 Å². The highest BCUT2D eigenvalue weighted by Gasteiger charge is 2.17. The smallest absolute Gasteiger partial charge is 0.119 e. The van der Waals surface area contributed by atoms with Crippen LogP contribution in [0.5, 0.6) is 5.75 Å². The number of nitrogens with one attached hydrogen (secondary N) is 2. The van der Waals surface area contributed by atoms with Crippen LogP contribution >= 0.6 is 0 Å². The van der Waals surface area contributed by atoms with E-state index in [4.69, 9.17) is 14.2 Å². The molecule has 5 heteroatoms. The molecule has 3 rings (SSSR count). The van der Waals surface area contributed by atoms with Gasteiger partial charge in [-0.3, -0.25) is 0 Å². The summed E-state index contributed by atoms with van der Waals surface area (Å²) in [6.45, 7) is 6.24. The zero-order valence-electron chi connectivity index (χ0n) is 20.9. The molecular formula is C29H42N2O3. The summed E-state index contributed by atoms with van der Waals surface area (Å²) in [6, 6.07) is 17.0. The van der Waals surface area contributed by atoms with Crippen LogP contribution in [-0.2, 0) is 9.47 Å². The molecule has 34 heavy (non-hydrogen) atoms. The van der Waals surface area contributed by atoms with Crippen molar-refractivity contribution in [3.8, 4) is 5.75 Å². The summed E-state index contributed by atoms with van der Waals surface area (Å²) in [6.07, 6.45) is 11.2. The van der Waals surface area contributed by atoms with Gasteiger partial charge in [0.15, 0.2) is 0 Å². The van der Waals surface area contributed by atoms with Crippen LogP contribution in [0.25, 0.3) is 12.2 Å². The van der Waals surface area contributed by atoms with Crippen molar-refractivity contribution in [3.05, 3.63) is 59.7 Å². The molecule has 0 aromatic heterocycles. The number of benzene rings is 2. The van der Waals surface area contributed by atoms with Crippen LogP contribution in [-0.4, -0.2) is 52.7 Å². The number of hydrogen-bond donors (Lipinski definition) is 2. The molecule has 0 aliphatic heterocycles. The average molecular weight is 467 g/mol. The van der Waals surface area contributed by atoms with Gasteiger partial charge in [0.05, 0.1) is 26.4 Å². The van der Waals surface area contributed by atoms with Gasteiger partial charge in [0.1, 0.15) is 12.4 Å². The molecule has 5 nitrogen and oxygen atoms in total. The predicted molar refractivity (Wildman–Crippen MR) is 143 cm³/mol. The van der Waals surface area contributed by atoms with Gasteiger partial charge in [-0.05, 0) is 54.7 Å². The number of hydrogen-bond acceptors (Lipinski definition) is 5. The molecule has 1 saturated carbocycles. The lowest BCUT2D eigenvalue weighted by Crippen LogP contribution is -2.31. The molecular weight excluding hydrogens is 424 g/mol. The molecule has 0 saturated heterocycles. The molecule has 0 amide bonds. The summed E-state index contributed by atoms with van der Waals surface area (Å²) in [5.41, 5.74) is 3.42. The van der Waals surface area contributed by atoms with Gasteiger partial charge in [0.2, 0.25) is 0 Å². The van der Waals surface area contributed by atoms with E-state index in [9.17, 15) is 0 Å². The zero-order valence-corrected chi connectivity index (χ0v) is 20.9. The molecule has 2 aromatic carbocycles. The molecule has 1 fully saturated rings. The maximum absolute atomic E-state index is 5.77. The molecule has 0 heterocycles. The first-order chi connectivity index (χ1) is 16.7. The first kappa shape index (κ1) is 26.3. The second-order valence-electron chi connectivity index (χ2n) is 9.09. The number of ether oxygens (including phenoxy) is 3. The standard InChI is InChI=1S/C29H42N2O3/c1-24(23-27-5-3-4-6-27)31-17-18-32-19-20-33-21-22-34-29-15-11-26(12-16-29)8-7-25-9-13-28(30-2)14-10-25/h7-16,24,27,30-31H,3-6,17-23H2,1-2H3/b8-7+. The van der Waals surface area contributed by atoms with Gasteiger partial charge in [-0.1, -0.05) is 62.1 Å². The van der Waals surface area contributed by atoms with E-state index >= 15 is 0 Å². The van der Waals surface area contributed by atoms with Crippen molar-refractivity contribution in [1.29, 1.82) is 0 Å². The monoisotopic (exact) mass is 466 g/mol. The van der Waals surface area contributed by atoms with Crippen LogP contribution in [0.15, 0.2) is 48.5 Å². The first-order valence-electron chi connectivity index (χ1n) is 12.8. The third-order valence-corrected chi connectivity index (χ3v) is 6.32. The molecule has 186 valence electrons. The molecule has 1 aliphatic rings. The Labute approximate surface area is 205 Å². The first-order valence-corrected chi connectivity index (χ1v) is 12.8. The number of rotatable bonds is 16. The van der Waals surface area contributed by atoms with Crippen molar-refractivity contribution in [1.82, 2.24) is 5.32 Å². The third kappa shape index (κ3) is 10.3. The summed E-state index contributed by atoms with van der Waals surface area (Å²) in [4.78, 5) is 0. The van der Waals surface area contributed by atoms with Crippen LogP contribution in [0.2, 0.25) is 0 Å². The van der Waals surface area contributed by atoms with Gasteiger partial charge in [-0.15, -0.1) is 0 Å². The van der Waals surface area contributed by atoms with E-state index in [2.05, 4.69) is 66.1 Å². The minimum Gasteiger partial charge on any atom is -0.491 e. The fourth-order valence-electron chi connectivity index (χ4n) is 4.38. The van der Waals surface area contributed by atoms with Crippen LogP contribution < -0.4 is 15.4 Å².